The van der Waals surface area contributed by atoms with Crippen LogP contribution in [0.3, 0.4) is 0 Å². The average molecular weight is 427 g/mol. The molecular weight excluding hydrogens is 400 g/mol. The molecule has 3 heterocycles. The number of piperidine rings is 1. The Hall–Kier alpha value is -3.74. The Kier molecular flexibility index (Phi) is 5.54. The molecule has 0 bridgehead atoms. The van der Waals surface area contributed by atoms with Crippen LogP contribution in [-0.4, -0.2) is 38.8 Å². The Morgan fingerprint density at radius 3 is 2.34 bits per heavy atom. The summed E-state index contributed by atoms with van der Waals surface area (Å²) in [6.07, 6.45) is 1.61. The second kappa shape index (κ2) is 8.78. The quantitative estimate of drug-likeness (QED) is 0.524. The summed E-state index contributed by atoms with van der Waals surface area (Å²) in [5, 5.41) is 16.5. The zero-order valence-electron chi connectivity index (χ0n) is 18.1. The molecule has 1 atom stereocenters. The van der Waals surface area contributed by atoms with Crippen molar-refractivity contribution >= 4 is 17.4 Å². The van der Waals surface area contributed by atoms with Gasteiger partial charge in [-0.05, 0) is 37.5 Å². The minimum absolute atomic E-state index is 0.0101. The van der Waals surface area contributed by atoms with Crippen molar-refractivity contribution in [3.8, 4) is 11.4 Å². The van der Waals surface area contributed by atoms with Gasteiger partial charge in [0.15, 0.2) is 11.5 Å². The van der Waals surface area contributed by atoms with Crippen LogP contribution in [0.4, 0.5) is 5.82 Å². The largest absolute Gasteiger partial charge is 0.355 e. The van der Waals surface area contributed by atoms with Crippen molar-refractivity contribution in [2.24, 2.45) is 5.92 Å². The summed E-state index contributed by atoms with van der Waals surface area (Å²) in [7, 11) is 0. The predicted octanol–water partition coefficient (Wildman–Crippen LogP) is 3.89. The third kappa shape index (κ3) is 4.06. The van der Waals surface area contributed by atoms with E-state index in [0.717, 1.165) is 54.3 Å². The molecule has 32 heavy (non-hydrogen) atoms. The lowest BCUT2D eigenvalue weighted by molar-refractivity contribution is -0.126. The minimum Gasteiger partial charge on any atom is -0.355 e. The first-order valence-corrected chi connectivity index (χ1v) is 11.1. The van der Waals surface area contributed by atoms with E-state index < -0.39 is 0 Å². The molecule has 2 aromatic carbocycles. The van der Waals surface area contributed by atoms with Gasteiger partial charge in [0.25, 0.3) is 0 Å². The molecule has 1 fully saturated rings. The molecule has 1 amide bonds. The van der Waals surface area contributed by atoms with Crippen molar-refractivity contribution in [1.29, 1.82) is 0 Å². The molecule has 0 saturated carbocycles. The zero-order chi connectivity index (χ0) is 21.9. The van der Waals surface area contributed by atoms with Crippen molar-refractivity contribution in [2.45, 2.75) is 25.8 Å². The van der Waals surface area contributed by atoms with E-state index in [1.807, 2.05) is 79.7 Å². The van der Waals surface area contributed by atoms with Crippen molar-refractivity contribution in [1.82, 2.24) is 25.1 Å². The molecule has 1 saturated heterocycles. The zero-order valence-corrected chi connectivity index (χ0v) is 18.1. The monoisotopic (exact) mass is 426 g/mol. The van der Waals surface area contributed by atoms with Crippen LogP contribution in [0.1, 0.15) is 31.4 Å². The first kappa shape index (κ1) is 20.2. The van der Waals surface area contributed by atoms with Crippen LogP contribution in [0, 0.1) is 5.92 Å². The summed E-state index contributed by atoms with van der Waals surface area (Å²) >= 11 is 0. The fraction of sp³-hybridized carbons (Fsp3) is 0.280. The second-order valence-corrected chi connectivity index (χ2v) is 8.25. The van der Waals surface area contributed by atoms with Crippen molar-refractivity contribution < 1.29 is 4.79 Å². The SMILES string of the molecule is C[C@H](NC(=O)C1CCN(c2ccc3nnc(-c4ccccc4)n3n2)CC1)c1ccccc1. The van der Waals surface area contributed by atoms with Crippen LogP contribution in [0.2, 0.25) is 0 Å². The molecule has 7 nitrogen and oxygen atoms in total. The fourth-order valence-corrected chi connectivity index (χ4v) is 4.24. The van der Waals surface area contributed by atoms with Gasteiger partial charge in [-0.25, -0.2) is 0 Å². The molecule has 7 heteroatoms. The van der Waals surface area contributed by atoms with Crippen LogP contribution < -0.4 is 10.2 Å². The van der Waals surface area contributed by atoms with Crippen molar-refractivity contribution in [3.05, 3.63) is 78.4 Å². The number of fused-ring (bicyclic) bond motifs is 1. The average Bonchev–Trinajstić information content (AvgIpc) is 3.28. The van der Waals surface area contributed by atoms with E-state index in [-0.39, 0.29) is 17.9 Å². The third-order valence-electron chi connectivity index (χ3n) is 6.13. The molecule has 1 aliphatic heterocycles. The molecule has 0 unspecified atom stereocenters. The number of nitrogens with zero attached hydrogens (tertiary/aromatic N) is 5. The molecular formula is C25H26N6O. The van der Waals surface area contributed by atoms with Gasteiger partial charge in [0.2, 0.25) is 5.91 Å². The van der Waals surface area contributed by atoms with Crippen LogP contribution in [0.25, 0.3) is 17.0 Å². The highest BCUT2D eigenvalue weighted by Crippen LogP contribution is 2.24. The molecule has 1 aliphatic rings. The number of rotatable bonds is 5. The number of amides is 1. The van der Waals surface area contributed by atoms with Crippen LogP contribution in [0.5, 0.6) is 0 Å². The highest BCUT2D eigenvalue weighted by Gasteiger charge is 2.27. The normalized spacial score (nSPS) is 15.6. The minimum atomic E-state index is 0.0101. The number of aromatic nitrogens is 4. The van der Waals surface area contributed by atoms with E-state index in [1.54, 1.807) is 4.52 Å². The van der Waals surface area contributed by atoms with E-state index in [9.17, 15) is 4.79 Å². The molecule has 0 aliphatic carbocycles. The van der Waals surface area contributed by atoms with E-state index in [2.05, 4.69) is 20.4 Å². The number of nitrogens with one attached hydrogen (secondary N) is 1. The van der Waals surface area contributed by atoms with Crippen LogP contribution in [-0.2, 0) is 4.79 Å². The Morgan fingerprint density at radius 1 is 0.938 bits per heavy atom. The first-order chi connectivity index (χ1) is 15.7. The van der Waals surface area contributed by atoms with Gasteiger partial charge in [0, 0.05) is 24.6 Å². The molecule has 2 aromatic heterocycles. The summed E-state index contributed by atoms with van der Waals surface area (Å²) in [6.45, 7) is 3.61. The van der Waals surface area contributed by atoms with E-state index in [0.29, 0.717) is 0 Å². The summed E-state index contributed by atoms with van der Waals surface area (Å²) in [4.78, 5) is 15.0. The molecule has 5 rings (SSSR count). The molecule has 4 aromatic rings. The lowest BCUT2D eigenvalue weighted by Crippen LogP contribution is -2.41. The van der Waals surface area contributed by atoms with Gasteiger partial charge in [-0.15, -0.1) is 15.3 Å². The summed E-state index contributed by atoms with van der Waals surface area (Å²) in [6, 6.07) is 24.0. The van der Waals surface area contributed by atoms with Gasteiger partial charge in [0.1, 0.15) is 5.82 Å². The number of anilines is 1. The van der Waals surface area contributed by atoms with E-state index >= 15 is 0 Å². The summed E-state index contributed by atoms with van der Waals surface area (Å²) in [5.41, 5.74) is 2.82. The van der Waals surface area contributed by atoms with Crippen LogP contribution in [0.15, 0.2) is 72.8 Å². The Balaban J connectivity index is 1.25. The van der Waals surface area contributed by atoms with Gasteiger partial charge in [-0.3, -0.25) is 4.79 Å². The van der Waals surface area contributed by atoms with Gasteiger partial charge >= 0.3 is 0 Å². The standard InChI is InChI=1S/C25H26N6O/c1-18(19-8-4-2-5-9-19)26-25(32)21-14-16-30(17-15-21)23-13-12-22-27-28-24(31(22)29-23)20-10-6-3-7-11-20/h2-13,18,21H,14-17H2,1H3,(H,26,32)/t18-/m0/s1. The Bertz CT molecular complexity index is 1200. The topological polar surface area (TPSA) is 75.4 Å². The first-order valence-electron chi connectivity index (χ1n) is 11.1. The van der Waals surface area contributed by atoms with Gasteiger partial charge in [-0.2, -0.15) is 4.52 Å². The van der Waals surface area contributed by atoms with E-state index in [4.69, 9.17) is 5.10 Å². The highest BCUT2D eigenvalue weighted by molar-refractivity contribution is 5.79. The third-order valence-corrected chi connectivity index (χ3v) is 6.13. The molecule has 162 valence electrons. The molecule has 1 N–H and O–H groups in total. The number of hydrogen-bond acceptors (Lipinski definition) is 5. The van der Waals surface area contributed by atoms with E-state index in [1.165, 1.54) is 0 Å². The lowest BCUT2D eigenvalue weighted by Gasteiger charge is -2.32. The molecule has 0 spiro atoms. The maximum absolute atomic E-state index is 12.8. The van der Waals surface area contributed by atoms with Crippen LogP contribution >= 0.6 is 0 Å². The maximum atomic E-state index is 12.8. The van der Waals surface area contributed by atoms with Crippen molar-refractivity contribution in [3.63, 3.8) is 0 Å². The van der Waals surface area contributed by atoms with Crippen molar-refractivity contribution in [2.75, 3.05) is 18.0 Å². The number of carbonyl (C=O) groups excluding carboxylic acids is 1. The fourth-order valence-electron chi connectivity index (χ4n) is 4.24. The van der Waals surface area contributed by atoms with Gasteiger partial charge in [0.05, 0.1) is 6.04 Å². The predicted molar refractivity (Wildman–Crippen MR) is 124 cm³/mol. The maximum Gasteiger partial charge on any atom is 0.223 e. The number of hydrogen-bond donors (Lipinski definition) is 1. The number of carbonyl (C=O) groups is 1. The highest BCUT2D eigenvalue weighted by atomic mass is 16.1. The summed E-state index contributed by atoms with van der Waals surface area (Å²) in [5.74, 6) is 1.77. The lowest BCUT2D eigenvalue weighted by atomic mass is 9.95. The molecule has 0 radical (unpaired) electrons. The smallest absolute Gasteiger partial charge is 0.223 e. The second-order valence-electron chi connectivity index (χ2n) is 8.25. The number of benzene rings is 2. The van der Waals surface area contributed by atoms with Gasteiger partial charge < -0.3 is 10.2 Å². The summed E-state index contributed by atoms with van der Waals surface area (Å²) < 4.78 is 1.80. The van der Waals surface area contributed by atoms with Gasteiger partial charge in [-0.1, -0.05) is 60.7 Å². The Labute approximate surface area is 187 Å². The Morgan fingerprint density at radius 2 is 1.62 bits per heavy atom.